The van der Waals surface area contributed by atoms with Gasteiger partial charge in [0, 0.05) is 6.20 Å². The molecule has 0 aromatic heterocycles. The van der Waals surface area contributed by atoms with E-state index in [0.717, 1.165) is 5.57 Å². The molecule has 0 heterocycles. The predicted octanol–water partition coefficient (Wildman–Crippen LogP) is 3.61. The first-order valence-corrected chi connectivity index (χ1v) is 4.63. The van der Waals surface area contributed by atoms with Crippen molar-refractivity contribution in [2.24, 2.45) is 4.99 Å². The highest BCUT2D eigenvalue weighted by atomic mass is 14.6. The molecule has 0 saturated heterocycles. The molecule has 0 atom stereocenters. The molecule has 0 N–H and O–H groups in total. The average molecular weight is 185 g/mol. The Balaban J connectivity index is 3.05. The summed E-state index contributed by atoms with van der Waals surface area (Å²) in [5, 5.41) is 0. The van der Waals surface area contributed by atoms with E-state index in [0.29, 0.717) is 0 Å². The Morgan fingerprint density at radius 2 is 1.93 bits per heavy atom. The normalized spacial score (nSPS) is 12.0. The van der Waals surface area contributed by atoms with Crippen LogP contribution in [0, 0.1) is 6.92 Å². The quantitative estimate of drug-likeness (QED) is 0.504. The van der Waals surface area contributed by atoms with Crippen molar-refractivity contribution in [3.8, 4) is 0 Å². The molecule has 14 heavy (non-hydrogen) atoms. The van der Waals surface area contributed by atoms with Crippen LogP contribution in [0.5, 0.6) is 0 Å². The van der Waals surface area contributed by atoms with Crippen molar-refractivity contribution in [2.45, 2.75) is 13.8 Å². The minimum atomic E-state index is 1.09. The smallest absolute Gasteiger partial charge is 0.0338 e. The van der Waals surface area contributed by atoms with E-state index >= 15 is 0 Å². The molecule has 0 radical (unpaired) electrons. The third-order valence-corrected chi connectivity index (χ3v) is 1.96. The van der Waals surface area contributed by atoms with E-state index in [9.17, 15) is 0 Å². The lowest BCUT2D eigenvalue weighted by Crippen LogP contribution is -1.80. The Kier molecular flexibility index (Phi) is 3.86. The summed E-state index contributed by atoms with van der Waals surface area (Å²) < 4.78 is 0. The van der Waals surface area contributed by atoms with E-state index in [1.165, 1.54) is 11.1 Å². The van der Waals surface area contributed by atoms with Crippen molar-refractivity contribution in [1.29, 1.82) is 0 Å². The molecule has 1 heteroatoms. The van der Waals surface area contributed by atoms with Gasteiger partial charge in [0.05, 0.1) is 0 Å². The Hall–Kier alpha value is -1.63. The zero-order chi connectivity index (χ0) is 10.4. The van der Waals surface area contributed by atoms with E-state index in [4.69, 9.17) is 0 Å². The molecule has 0 bridgehead atoms. The van der Waals surface area contributed by atoms with Crippen LogP contribution in [0.1, 0.15) is 18.1 Å². The van der Waals surface area contributed by atoms with Gasteiger partial charge in [-0.2, -0.15) is 0 Å². The molecular weight excluding hydrogens is 170 g/mol. The Morgan fingerprint density at radius 3 is 2.43 bits per heavy atom. The van der Waals surface area contributed by atoms with Crippen LogP contribution in [0.3, 0.4) is 0 Å². The third-order valence-electron chi connectivity index (χ3n) is 1.96. The van der Waals surface area contributed by atoms with Crippen LogP contribution in [0.25, 0.3) is 5.57 Å². The highest BCUT2D eigenvalue weighted by molar-refractivity contribution is 5.74. The van der Waals surface area contributed by atoms with E-state index in [1.807, 2.05) is 19.1 Å². The average Bonchev–Trinajstić information content (AvgIpc) is 2.19. The standard InChI is InChI=1S/C13H15N/c1-4-5-13(10-14-3)12-8-6-11(2)7-9-12/h4-10H,3H2,1-2H3/b5-4-,13-10+. The largest absolute Gasteiger partial charge is 0.272 e. The number of aliphatic imine (C=N–C) groups is 1. The lowest BCUT2D eigenvalue weighted by atomic mass is 10.1. The molecule has 0 saturated carbocycles. The first-order valence-electron chi connectivity index (χ1n) is 4.63. The zero-order valence-electron chi connectivity index (χ0n) is 8.70. The molecule has 1 aromatic rings. The number of benzene rings is 1. The maximum atomic E-state index is 3.79. The molecule has 1 nitrogen and oxygen atoms in total. The Morgan fingerprint density at radius 1 is 1.29 bits per heavy atom. The van der Waals surface area contributed by atoms with Crippen LogP contribution in [0.4, 0.5) is 0 Å². The molecule has 0 fully saturated rings. The second kappa shape index (κ2) is 5.18. The number of allylic oxidation sites excluding steroid dienone is 3. The highest BCUT2D eigenvalue weighted by Gasteiger charge is 1.95. The number of hydrogen-bond acceptors (Lipinski definition) is 1. The van der Waals surface area contributed by atoms with Gasteiger partial charge in [0.15, 0.2) is 0 Å². The van der Waals surface area contributed by atoms with Crippen LogP contribution >= 0.6 is 0 Å². The summed E-state index contributed by atoms with van der Waals surface area (Å²) in [7, 11) is 0. The van der Waals surface area contributed by atoms with Gasteiger partial charge in [-0.05, 0) is 31.7 Å². The second-order valence-corrected chi connectivity index (χ2v) is 3.13. The van der Waals surface area contributed by atoms with Gasteiger partial charge in [0.1, 0.15) is 0 Å². The van der Waals surface area contributed by atoms with Gasteiger partial charge in [-0.3, -0.25) is 4.99 Å². The molecule has 0 unspecified atom stereocenters. The van der Waals surface area contributed by atoms with Gasteiger partial charge in [-0.25, -0.2) is 0 Å². The summed E-state index contributed by atoms with van der Waals surface area (Å²) in [5.74, 6) is 0. The molecule has 1 aromatic carbocycles. The fraction of sp³-hybridized carbons (Fsp3) is 0.154. The Bertz CT molecular complexity index is 355. The first-order chi connectivity index (χ1) is 6.77. The summed E-state index contributed by atoms with van der Waals surface area (Å²) in [4.78, 5) is 3.79. The summed E-state index contributed by atoms with van der Waals surface area (Å²) in [6, 6.07) is 8.37. The second-order valence-electron chi connectivity index (χ2n) is 3.13. The van der Waals surface area contributed by atoms with E-state index in [2.05, 4.69) is 42.9 Å². The van der Waals surface area contributed by atoms with Gasteiger partial charge in [-0.1, -0.05) is 42.0 Å². The summed E-state index contributed by atoms with van der Waals surface area (Å²) in [6.45, 7) is 7.53. The van der Waals surface area contributed by atoms with Gasteiger partial charge >= 0.3 is 0 Å². The fourth-order valence-corrected chi connectivity index (χ4v) is 1.24. The SMILES string of the molecule is C=N/C=C(\C=C/C)c1ccc(C)cc1. The number of hydrogen-bond donors (Lipinski definition) is 0. The number of rotatable bonds is 3. The topological polar surface area (TPSA) is 12.4 Å². The molecule has 1 rings (SSSR count). The number of nitrogens with zero attached hydrogens (tertiary/aromatic N) is 1. The van der Waals surface area contributed by atoms with Crippen molar-refractivity contribution in [3.05, 3.63) is 53.7 Å². The van der Waals surface area contributed by atoms with Gasteiger partial charge in [0.2, 0.25) is 0 Å². The summed E-state index contributed by atoms with van der Waals surface area (Å²) >= 11 is 0. The van der Waals surface area contributed by atoms with Crippen LogP contribution in [0.2, 0.25) is 0 Å². The third kappa shape index (κ3) is 2.70. The van der Waals surface area contributed by atoms with Crippen LogP contribution in [-0.2, 0) is 0 Å². The molecule has 72 valence electrons. The van der Waals surface area contributed by atoms with Gasteiger partial charge < -0.3 is 0 Å². The zero-order valence-corrected chi connectivity index (χ0v) is 8.70. The van der Waals surface area contributed by atoms with Crippen molar-refractivity contribution >= 4 is 12.3 Å². The first kappa shape index (κ1) is 10.5. The minimum Gasteiger partial charge on any atom is -0.272 e. The molecule has 0 aliphatic heterocycles. The van der Waals surface area contributed by atoms with Gasteiger partial charge in [0.25, 0.3) is 0 Å². The monoisotopic (exact) mass is 185 g/mol. The summed E-state index contributed by atoms with van der Waals surface area (Å²) in [6.07, 6.45) is 5.79. The van der Waals surface area contributed by atoms with Crippen molar-refractivity contribution in [3.63, 3.8) is 0 Å². The van der Waals surface area contributed by atoms with E-state index < -0.39 is 0 Å². The van der Waals surface area contributed by atoms with E-state index in [1.54, 1.807) is 6.20 Å². The van der Waals surface area contributed by atoms with Crippen LogP contribution in [-0.4, -0.2) is 6.72 Å². The Labute approximate surface area is 85.5 Å². The number of aryl methyl sites for hydroxylation is 1. The molecular formula is C13H15N. The fourth-order valence-electron chi connectivity index (χ4n) is 1.24. The lowest BCUT2D eigenvalue weighted by Gasteiger charge is -2.01. The van der Waals surface area contributed by atoms with Gasteiger partial charge in [-0.15, -0.1) is 0 Å². The minimum absolute atomic E-state index is 1.09. The lowest BCUT2D eigenvalue weighted by molar-refractivity contribution is 1.45. The highest BCUT2D eigenvalue weighted by Crippen LogP contribution is 2.16. The maximum absolute atomic E-state index is 3.79. The van der Waals surface area contributed by atoms with Crippen molar-refractivity contribution in [1.82, 2.24) is 0 Å². The molecule has 0 amide bonds. The van der Waals surface area contributed by atoms with Crippen molar-refractivity contribution in [2.75, 3.05) is 0 Å². The van der Waals surface area contributed by atoms with Crippen LogP contribution < -0.4 is 0 Å². The van der Waals surface area contributed by atoms with Crippen molar-refractivity contribution < 1.29 is 0 Å². The van der Waals surface area contributed by atoms with Crippen LogP contribution in [0.15, 0.2) is 47.6 Å². The van der Waals surface area contributed by atoms with E-state index in [-0.39, 0.29) is 0 Å². The summed E-state index contributed by atoms with van der Waals surface area (Å²) in [5.41, 5.74) is 3.52. The molecule has 0 spiro atoms. The molecule has 0 aliphatic carbocycles. The molecule has 0 aliphatic rings. The maximum Gasteiger partial charge on any atom is 0.0338 e. The predicted molar refractivity (Wildman–Crippen MR) is 63.5 cm³/mol.